The van der Waals surface area contributed by atoms with Crippen LogP contribution < -0.4 is 0 Å². The van der Waals surface area contributed by atoms with Gasteiger partial charge in [0.05, 0.1) is 11.1 Å². The zero-order chi connectivity index (χ0) is 15.7. The summed E-state index contributed by atoms with van der Waals surface area (Å²) in [4.78, 5) is 7.84. The average molecular weight is 326 g/mol. The molecule has 3 rings (SSSR count). The van der Waals surface area contributed by atoms with E-state index in [1.165, 1.54) is 24.4 Å². The number of benzene rings is 1. The lowest BCUT2D eigenvalue weighted by Crippen LogP contribution is -2.07. The smallest absolute Gasteiger partial charge is 0.333 e. The normalized spacial score (nSPS) is 11.6. The lowest BCUT2D eigenvalue weighted by molar-refractivity contribution is -0.137. The minimum Gasteiger partial charge on any atom is -0.333 e. The summed E-state index contributed by atoms with van der Waals surface area (Å²) in [6.07, 6.45) is -3.04. The van der Waals surface area contributed by atoms with Crippen molar-refractivity contribution in [3.05, 3.63) is 53.3 Å². The van der Waals surface area contributed by atoms with Crippen LogP contribution in [0.15, 0.2) is 47.1 Å². The Balaban J connectivity index is 2.08. The van der Waals surface area contributed by atoms with Gasteiger partial charge < -0.3 is 4.52 Å². The van der Waals surface area contributed by atoms with Crippen LogP contribution in [0.4, 0.5) is 13.2 Å². The number of hydrogen-bond donors (Lipinski definition) is 0. The van der Waals surface area contributed by atoms with Crippen LogP contribution in [0, 0.1) is 0 Å². The lowest BCUT2D eigenvalue weighted by atomic mass is 10.1. The molecule has 0 aliphatic rings. The summed E-state index contributed by atoms with van der Waals surface area (Å²) < 4.78 is 44.0. The van der Waals surface area contributed by atoms with Gasteiger partial charge in [-0.05, 0) is 18.2 Å². The van der Waals surface area contributed by atoms with Crippen molar-refractivity contribution >= 4 is 11.6 Å². The van der Waals surface area contributed by atoms with E-state index < -0.39 is 11.7 Å². The van der Waals surface area contributed by atoms with Crippen LogP contribution in [0.3, 0.4) is 0 Å². The first-order valence-corrected chi connectivity index (χ1v) is 6.46. The van der Waals surface area contributed by atoms with Crippen molar-refractivity contribution < 1.29 is 17.7 Å². The molecule has 4 nitrogen and oxygen atoms in total. The van der Waals surface area contributed by atoms with E-state index in [0.29, 0.717) is 5.56 Å². The summed E-state index contributed by atoms with van der Waals surface area (Å²) in [6.45, 7) is 0. The van der Waals surface area contributed by atoms with Gasteiger partial charge in [0.1, 0.15) is 5.15 Å². The highest BCUT2D eigenvalue weighted by atomic mass is 35.5. The molecule has 1 aromatic carbocycles. The largest absolute Gasteiger partial charge is 0.417 e. The van der Waals surface area contributed by atoms with E-state index in [9.17, 15) is 13.2 Å². The molecule has 0 fully saturated rings. The molecule has 112 valence electrons. The molecule has 22 heavy (non-hydrogen) atoms. The van der Waals surface area contributed by atoms with Gasteiger partial charge in [-0.3, -0.25) is 0 Å². The van der Waals surface area contributed by atoms with E-state index in [1.807, 2.05) is 0 Å². The average Bonchev–Trinajstić information content (AvgIpc) is 2.96. The van der Waals surface area contributed by atoms with Crippen molar-refractivity contribution in [2.75, 3.05) is 0 Å². The number of hydrogen-bond acceptors (Lipinski definition) is 4. The number of halogens is 4. The lowest BCUT2D eigenvalue weighted by Gasteiger charge is -2.09. The summed E-state index contributed by atoms with van der Waals surface area (Å²) in [7, 11) is 0. The van der Waals surface area contributed by atoms with Crippen LogP contribution in [0.5, 0.6) is 0 Å². The molecule has 0 bridgehead atoms. The van der Waals surface area contributed by atoms with Crippen molar-refractivity contribution in [1.82, 2.24) is 15.1 Å². The van der Waals surface area contributed by atoms with Gasteiger partial charge in [-0.15, -0.1) is 0 Å². The summed E-state index contributed by atoms with van der Waals surface area (Å²) in [5.74, 6) is -0.159. The van der Waals surface area contributed by atoms with Gasteiger partial charge in [0, 0.05) is 11.8 Å². The van der Waals surface area contributed by atoms with Crippen molar-refractivity contribution in [3.8, 4) is 22.8 Å². The summed E-state index contributed by atoms with van der Waals surface area (Å²) in [6, 6.07) is 8.20. The molecule has 8 heteroatoms. The first-order chi connectivity index (χ1) is 10.5. The third-order valence-electron chi connectivity index (χ3n) is 2.89. The molecule has 0 radical (unpaired) electrons. The second kappa shape index (κ2) is 5.42. The van der Waals surface area contributed by atoms with E-state index in [0.717, 1.165) is 6.07 Å². The zero-order valence-electron chi connectivity index (χ0n) is 10.8. The van der Waals surface area contributed by atoms with Crippen LogP contribution in [-0.4, -0.2) is 15.1 Å². The van der Waals surface area contributed by atoms with Gasteiger partial charge >= 0.3 is 6.18 Å². The third kappa shape index (κ3) is 2.67. The number of nitrogens with zero attached hydrogens (tertiary/aromatic N) is 3. The Hall–Kier alpha value is -2.41. The molecular weight excluding hydrogens is 319 g/mol. The van der Waals surface area contributed by atoms with Crippen LogP contribution in [-0.2, 0) is 6.18 Å². The number of aromatic nitrogens is 3. The molecule has 0 unspecified atom stereocenters. The summed E-state index contributed by atoms with van der Waals surface area (Å²) in [5.41, 5.74) is -0.642. The van der Waals surface area contributed by atoms with Gasteiger partial charge in [0.2, 0.25) is 5.82 Å². The molecule has 2 heterocycles. The van der Waals surface area contributed by atoms with E-state index in [-0.39, 0.29) is 22.4 Å². The molecular formula is C14H7ClF3N3O. The number of alkyl halides is 3. The summed E-state index contributed by atoms with van der Waals surface area (Å²) >= 11 is 5.90. The Bertz CT molecular complexity index is 817. The summed E-state index contributed by atoms with van der Waals surface area (Å²) in [5, 5.41) is 3.73. The highest BCUT2D eigenvalue weighted by molar-refractivity contribution is 6.31. The first kappa shape index (κ1) is 14.5. The van der Waals surface area contributed by atoms with Crippen LogP contribution >= 0.6 is 11.6 Å². The maximum absolute atomic E-state index is 13.0. The second-order valence-corrected chi connectivity index (χ2v) is 4.67. The molecule has 0 saturated carbocycles. The predicted molar refractivity (Wildman–Crippen MR) is 73.0 cm³/mol. The van der Waals surface area contributed by atoms with Crippen LogP contribution in [0.25, 0.3) is 22.8 Å². The minimum atomic E-state index is -4.51. The minimum absolute atomic E-state index is 0.00470. The highest BCUT2D eigenvalue weighted by Crippen LogP contribution is 2.36. The molecule has 0 spiro atoms. The first-order valence-electron chi connectivity index (χ1n) is 6.08. The fourth-order valence-corrected chi connectivity index (χ4v) is 2.11. The molecule has 0 aliphatic heterocycles. The standard InChI is InChI=1S/C14H7ClF3N3O/c15-11-9(5-3-7-19-11)13-20-12(21-22-13)8-4-1-2-6-10(8)14(16,17)18/h1-7H. The topological polar surface area (TPSA) is 51.8 Å². The monoisotopic (exact) mass is 325 g/mol. The van der Waals surface area contributed by atoms with Crippen LogP contribution in [0.1, 0.15) is 5.56 Å². The fourth-order valence-electron chi connectivity index (χ4n) is 1.91. The Morgan fingerprint density at radius 3 is 2.45 bits per heavy atom. The highest BCUT2D eigenvalue weighted by Gasteiger charge is 2.34. The molecule has 0 saturated heterocycles. The second-order valence-electron chi connectivity index (χ2n) is 4.31. The molecule has 0 atom stereocenters. The molecule has 0 aliphatic carbocycles. The van der Waals surface area contributed by atoms with Gasteiger partial charge in [0.25, 0.3) is 5.89 Å². The van der Waals surface area contributed by atoms with Crippen molar-refractivity contribution in [2.24, 2.45) is 0 Å². The van der Waals surface area contributed by atoms with E-state index in [1.54, 1.807) is 12.1 Å². The Kier molecular flexibility index (Phi) is 3.58. The Morgan fingerprint density at radius 2 is 1.73 bits per heavy atom. The number of pyridine rings is 1. The number of rotatable bonds is 2. The zero-order valence-corrected chi connectivity index (χ0v) is 11.6. The van der Waals surface area contributed by atoms with E-state index >= 15 is 0 Å². The van der Waals surface area contributed by atoms with Crippen molar-refractivity contribution in [1.29, 1.82) is 0 Å². The Morgan fingerprint density at radius 1 is 1.00 bits per heavy atom. The Labute approximate surface area is 127 Å². The van der Waals surface area contributed by atoms with E-state index in [4.69, 9.17) is 16.1 Å². The van der Waals surface area contributed by atoms with Gasteiger partial charge in [-0.2, -0.15) is 18.2 Å². The van der Waals surface area contributed by atoms with Gasteiger partial charge in [-0.25, -0.2) is 4.98 Å². The van der Waals surface area contributed by atoms with Gasteiger partial charge in [-0.1, -0.05) is 35.0 Å². The maximum atomic E-state index is 13.0. The fraction of sp³-hybridized carbons (Fsp3) is 0.0714. The quantitative estimate of drug-likeness (QED) is 0.652. The van der Waals surface area contributed by atoms with E-state index in [2.05, 4.69) is 15.1 Å². The van der Waals surface area contributed by atoms with Crippen molar-refractivity contribution in [2.45, 2.75) is 6.18 Å². The van der Waals surface area contributed by atoms with Gasteiger partial charge in [0.15, 0.2) is 0 Å². The predicted octanol–water partition coefficient (Wildman–Crippen LogP) is 4.47. The maximum Gasteiger partial charge on any atom is 0.417 e. The van der Waals surface area contributed by atoms with Crippen LogP contribution in [0.2, 0.25) is 5.15 Å². The molecule has 0 amide bonds. The van der Waals surface area contributed by atoms with Crippen molar-refractivity contribution in [3.63, 3.8) is 0 Å². The molecule has 3 aromatic rings. The third-order valence-corrected chi connectivity index (χ3v) is 3.19. The molecule has 0 N–H and O–H groups in total. The SMILES string of the molecule is FC(F)(F)c1ccccc1-c1noc(-c2cccnc2Cl)n1. The molecule has 2 aromatic heterocycles.